The van der Waals surface area contributed by atoms with E-state index < -0.39 is 0 Å². The summed E-state index contributed by atoms with van der Waals surface area (Å²) in [5.74, 6) is 0.178. The number of rotatable bonds is 3. The van der Waals surface area contributed by atoms with Crippen molar-refractivity contribution in [3.63, 3.8) is 0 Å². The van der Waals surface area contributed by atoms with Gasteiger partial charge in [-0.25, -0.2) is 0 Å². The number of fused-ring (bicyclic) bond motifs is 1. The van der Waals surface area contributed by atoms with Gasteiger partial charge in [0.25, 0.3) is 0 Å². The minimum Gasteiger partial charge on any atom is -0.293 e. The number of ketones is 1. The van der Waals surface area contributed by atoms with Crippen molar-refractivity contribution in [1.29, 1.82) is 0 Å². The van der Waals surface area contributed by atoms with E-state index >= 15 is 0 Å². The Hall–Kier alpha value is -2.47. The molecule has 1 heterocycles. The highest BCUT2D eigenvalue weighted by Crippen LogP contribution is 2.32. The predicted octanol–water partition coefficient (Wildman–Crippen LogP) is 3.96. The van der Waals surface area contributed by atoms with Crippen LogP contribution in [0.15, 0.2) is 47.6 Å². The molecule has 0 amide bonds. The Kier molecular flexibility index (Phi) is 4.59. The van der Waals surface area contributed by atoms with Gasteiger partial charge in [0.1, 0.15) is 0 Å². The highest BCUT2D eigenvalue weighted by atomic mass is 32.2. The normalized spacial score (nSPS) is 17.0. The van der Waals surface area contributed by atoms with Gasteiger partial charge in [-0.2, -0.15) is 4.68 Å². The molecule has 0 N–H and O–H groups in total. The Morgan fingerprint density at radius 2 is 1.96 bits per heavy atom. The van der Waals surface area contributed by atoms with Gasteiger partial charge in [-0.3, -0.25) is 4.79 Å². The molecule has 0 saturated carbocycles. The quantitative estimate of drug-likeness (QED) is 0.658. The Balaban J connectivity index is 1.63. The van der Waals surface area contributed by atoms with Gasteiger partial charge in [0.15, 0.2) is 5.78 Å². The number of thioether (sulfide) groups is 1. The third-order valence-electron chi connectivity index (χ3n) is 4.91. The van der Waals surface area contributed by atoms with Crippen molar-refractivity contribution in [2.75, 3.05) is 0 Å². The molecule has 0 fully saturated rings. The molecule has 0 aliphatic heterocycles. The Labute approximate surface area is 156 Å². The van der Waals surface area contributed by atoms with Crippen LogP contribution in [0.4, 0.5) is 0 Å². The zero-order valence-corrected chi connectivity index (χ0v) is 15.7. The average Bonchev–Trinajstić information content (AvgIpc) is 3.05. The van der Waals surface area contributed by atoms with Crippen molar-refractivity contribution in [2.24, 2.45) is 0 Å². The molecule has 26 heavy (non-hydrogen) atoms. The third kappa shape index (κ3) is 3.17. The first kappa shape index (κ1) is 17.0. The molecule has 3 aromatic rings. The molecular formula is C20H20N4OS. The van der Waals surface area contributed by atoms with Crippen molar-refractivity contribution < 1.29 is 4.79 Å². The summed E-state index contributed by atoms with van der Waals surface area (Å²) in [5.41, 5.74) is 5.32. The SMILES string of the molecule is Cc1ccc(-n2nnnc2SC2CCCc3ccccc3C2=O)cc1C. The number of tetrazole rings is 1. The number of Topliss-reactive ketones (excluding diaryl/α,β-unsaturated/α-hetero) is 1. The smallest absolute Gasteiger partial charge is 0.214 e. The second kappa shape index (κ2) is 7.03. The number of carbonyl (C=O) groups excluding carboxylic acids is 1. The van der Waals surface area contributed by atoms with E-state index in [1.165, 1.54) is 22.9 Å². The molecule has 1 aromatic heterocycles. The van der Waals surface area contributed by atoms with Crippen LogP contribution >= 0.6 is 11.8 Å². The first-order valence-electron chi connectivity index (χ1n) is 8.78. The summed E-state index contributed by atoms with van der Waals surface area (Å²) in [7, 11) is 0. The van der Waals surface area contributed by atoms with Crippen LogP contribution in [0.25, 0.3) is 5.69 Å². The van der Waals surface area contributed by atoms with Crippen molar-refractivity contribution in [2.45, 2.75) is 43.5 Å². The Morgan fingerprint density at radius 3 is 2.81 bits per heavy atom. The maximum Gasteiger partial charge on any atom is 0.214 e. The molecular weight excluding hydrogens is 344 g/mol. The van der Waals surface area contributed by atoms with Gasteiger partial charge in [0, 0.05) is 5.56 Å². The van der Waals surface area contributed by atoms with Crippen LogP contribution in [0.5, 0.6) is 0 Å². The maximum absolute atomic E-state index is 13.0. The van der Waals surface area contributed by atoms with Gasteiger partial charge in [-0.05, 0) is 72.4 Å². The topological polar surface area (TPSA) is 60.7 Å². The van der Waals surface area contributed by atoms with E-state index in [0.717, 1.165) is 36.1 Å². The first-order chi connectivity index (χ1) is 12.6. The summed E-state index contributed by atoms with van der Waals surface area (Å²) in [6.07, 6.45) is 2.77. The number of carbonyl (C=O) groups is 1. The molecule has 1 atom stereocenters. The molecule has 5 nitrogen and oxygen atoms in total. The lowest BCUT2D eigenvalue weighted by molar-refractivity contribution is 0.0988. The van der Waals surface area contributed by atoms with Crippen molar-refractivity contribution in [3.8, 4) is 5.69 Å². The summed E-state index contributed by atoms with van der Waals surface area (Å²) in [6, 6.07) is 14.1. The minimum absolute atomic E-state index is 0.157. The summed E-state index contributed by atoms with van der Waals surface area (Å²) in [5, 5.41) is 12.7. The van der Waals surface area contributed by atoms with Crippen molar-refractivity contribution in [3.05, 3.63) is 64.7 Å². The predicted molar refractivity (Wildman–Crippen MR) is 102 cm³/mol. The van der Waals surface area contributed by atoms with Crippen LogP contribution in [0.1, 0.15) is 39.9 Å². The Bertz CT molecular complexity index is 966. The standard InChI is InChI=1S/C20H20N4OS/c1-13-10-11-16(12-14(13)2)24-20(21-22-23-24)26-18-9-5-7-15-6-3-4-8-17(15)19(18)25/h3-4,6,8,10-12,18H,5,7,9H2,1-2H3. The van der Waals surface area contributed by atoms with E-state index in [1.807, 2.05) is 24.3 Å². The van der Waals surface area contributed by atoms with Gasteiger partial charge in [-0.1, -0.05) is 42.1 Å². The highest BCUT2D eigenvalue weighted by molar-refractivity contribution is 8.00. The number of hydrogen-bond donors (Lipinski definition) is 0. The Morgan fingerprint density at radius 1 is 1.12 bits per heavy atom. The first-order valence-corrected chi connectivity index (χ1v) is 9.66. The third-order valence-corrected chi connectivity index (χ3v) is 6.11. The van der Waals surface area contributed by atoms with Crippen molar-refractivity contribution >= 4 is 17.5 Å². The van der Waals surface area contributed by atoms with Gasteiger partial charge in [-0.15, -0.1) is 5.10 Å². The van der Waals surface area contributed by atoms with Crippen LogP contribution in [0.2, 0.25) is 0 Å². The van der Waals surface area contributed by atoms with Crippen molar-refractivity contribution in [1.82, 2.24) is 20.2 Å². The fourth-order valence-corrected chi connectivity index (χ4v) is 4.37. The number of nitrogens with zero attached hydrogens (tertiary/aromatic N) is 4. The highest BCUT2D eigenvalue weighted by Gasteiger charge is 2.28. The molecule has 132 valence electrons. The van der Waals surface area contributed by atoms with E-state index in [4.69, 9.17) is 0 Å². The zero-order valence-electron chi connectivity index (χ0n) is 14.8. The number of hydrogen-bond acceptors (Lipinski definition) is 5. The largest absolute Gasteiger partial charge is 0.293 e. The van der Waals surface area contributed by atoms with Gasteiger partial charge >= 0.3 is 0 Å². The van der Waals surface area contributed by atoms with Gasteiger partial charge < -0.3 is 0 Å². The van der Waals surface area contributed by atoms with Gasteiger partial charge in [0.2, 0.25) is 5.16 Å². The molecule has 4 rings (SSSR count). The van der Waals surface area contributed by atoms with Crippen LogP contribution in [0, 0.1) is 13.8 Å². The van der Waals surface area contributed by atoms with Crippen LogP contribution in [-0.2, 0) is 6.42 Å². The van der Waals surface area contributed by atoms with E-state index in [1.54, 1.807) is 4.68 Å². The summed E-state index contributed by atoms with van der Waals surface area (Å²) >= 11 is 1.47. The summed E-state index contributed by atoms with van der Waals surface area (Å²) in [6.45, 7) is 4.15. The molecule has 2 aromatic carbocycles. The minimum atomic E-state index is -0.157. The van der Waals surface area contributed by atoms with Crippen LogP contribution < -0.4 is 0 Å². The fraction of sp³-hybridized carbons (Fsp3) is 0.300. The lowest BCUT2D eigenvalue weighted by Gasteiger charge is -2.13. The molecule has 0 spiro atoms. The van der Waals surface area contributed by atoms with Crippen LogP contribution in [-0.4, -0.2) is 31.2 Å². The molecule has 0 saturated heterocycles. The molecule has 0 radical (unpaired) electrons. The fourth-order valence-electron chi connectivity index (χ4n) is 3.27. The zero-order chi connectivity index (χ0) is 18.1. The summed E-state index contributed by atoms with van der Waals surface area (Å²) < 4.78 is 1.72. The van der Waals surface area contributed by atoms with Gasteiger partial charge in [0.05, 0.1) is 10.9 Å². The van der Waals surface area contributed by atoms with E-state index in [9.17, 15) is 4.79 Å². The maximum atomic E-state index is 13.0. The number of aromatic nitrogens is 4. The second-order valence-electron chi connectivity index (χ2n) is 6.66. The number of aryl methyl sites for hydroxylation is 3. The van der Waals surface area contributed by atoms with E-state index in [2.05, 4.69) is 47.6 Å². The van der Waals surface area contributed by atoms with Crippen LogP contribution in [0.3, 0.4) is 0 Å². The molecule has 1 aliphatic carbocycles. The molecule has 1 unspecified atom stereocenters. The lowest BCUT2D eigenvalue weighted by atomic mass is 10.0. The monoisotopic (exact) mass is 364 g/mol. The lowest BCUT2D eigenvalue weighted by Crippen LogP contribution is -2.17. The average molecular weight is 364 g/mol. The number of benzene rings is 2. The second-order valence-corrected chi connectivity index (χ2v) is 7.83. The van der Waals surface area contributed by atoms with E-state index in [0.29, 0.717) is 5.16 Å². The molecule has 0 bridgehead atoms. The summed E-state index contributed by atoms with van der Waals surface area (Å²) in [4.78, 5) is 13.0. The molecule has 6 heteroatoms. The molecule has 1 aliphatic rings. The van der Waals surface area contributed by atoms with E-state index in [-0.39, 0.29) is 11.0 Å².